The van der Waals surface area contributed by atoms with Crippen LogP contribution in [0.4, 0.5) is 0 Å². The summed E-state index contributed by atoms with van der Waals surface area (Å²) < 4.78 is 0. The van der Waals surface area contributed by atoms with E-state index in [1.165, 1.54) is 43.6 Å². The van der Waals surface area contributed by atoms with E-state index in [1.54, 1.807) is 0 Å². The fourth-order valence-corrected chi connectivity index (χ4v) is 3.45. The second-order valence-corrected chi connectivity index (χ2v) is 6.31. The minimum absolute atomic E-state index is 0.799. The van der Waals surface area contributed by atoms with E-state index >= 15 is 0 Å². The predicted octanol–water partition coefficient (Wildman–Crippen LogP) is 3.54. The van der Waals surface area contributed by atoms with Crippen molar-refractivity contribution in [2.24, 2.45) is 11.8 Å². The average Bonchev–Trinajstić information content (AvgIpc) is 2.25. The van der Waals surface area contributed by atoms with Crippen LogP contribution in [0.1, 0.15) is 46.0 Å². The molecule has 1 N–H and O–H groups in total. The molecule has 2 heteroatoms. The highest BCUT2D eigenvalue weighted by atomic mass is 32.2. The summed E-state index contributed by atoms with van der Waals surface area (Å²) in [5.41, 5.74) is 0. The maximum atomic E-state index is 3.51. The van der Waals surface area contributed by atoms with Gasteiger partial charge in [0.25, 0.3) is 0 Å². The Bertz CT molecular complexity index is 161. The van der Waals surface area contributed by atoms with E-state index in [-0.39, 0.29) is 0 Å². The van der Waals surface area contributed by atoms with Gasteiger partial charge < -0.3 is 5.32 Å². The monoisotopic (exact) mass is 229 g/mol. The van der Waals surface area contributed by atoms with Crippen molar-refractivity contribution in [3.8, 4) is 0 Å². The van der Waals surface area contributed by atoms with Crippen molar-refractivity contribution in [3.63, 3.8) is 0 Å². The van der Waals surface area contributed by atoms with Gasteiger partial charge in [-0.1, -0.05) is 13.8 Å². The molecular formula is C13H27NS. The Kier molecular flexibility index (Phi) is 6.74. The lowest BCUT2D eigenvalue weighted by molar-refractivity contribution is 0.210. The lowest BCUT2D eigenvalue weighted by Crippen LogP contribution is -2.38. The molecule has 15 heavy (non-hydrogen) atoms. The first-order valence-electron chi connectivity index (χ1n) is 6.53. The minimum Gasteiger partial charge on any atom is -0.317 e. The molecule has 1 rings (SSSR count). The summed E-state index contributed by atoms with van der Waals surface area (Å²) >= 11 is 2.09. The van der Waals surface area contributed by atoms with Gasteiger partial charge in [0.2, 0.25) is 0 Å². The van der Waals surface area contributed by atoms with Crippen molar-refractivity contribution in [2.45, 2.75) is 52.0 Å². The molecule has 1 aliphatic rings. The smallest absolute Gasteiger partial charge is 0.00925 e. The van der Waals surface area contributed by atoms with Gasteiger partial charge in [0.05, 0.1) is 0 Å². The molecule has 3 atom stereocenters. The van der Waals surface area contributed by atoms with Crippen LogP contribution in [0.3, 0.4) is 0 Å². The lowest BCUT2D eigenvalue weighted by atomic mass is 9.77. The summed E-state index contributed by atoms with van der Waals surface area (Å²) in [6, 6.07) is 0.799. The second-order valence-electron chi connectivity index (χ2n) is 4.91. The van der Waals surface area contributed by atoms with Crippen LogP contribution in [0.2, 0.25) is 0 Å². The topological polar surface area (TPSA) is 12.0 Å². The molecule has 1 aliphatic carbocycles. The van der Waals surface area contributed by atoms with Crippen LogP contribution in [0, 0.1) is 11.8 Å². The normalized spacial score (nSPS) is 31.8. The Hall–Kier alpha value is 0.310. The number of hydrogen-bond donors (Lipinski definition) is 1. The zero-order valence-electron chi connectivity index (χ0n) is 10.6. The summed E-state index contributed by atoms with van der Waals surface area (Å²) in [7, 11) is 2.13. The van der Waals surface area contributed by atoms with E-state index in [4.69, 9.17) is 0 Å². The quantitative estimate of drug-likeness (QED) is 0.699. The van der Waals surface area contributed by atoms with E-state index in [0.717, 1.165) is 17.9 Å². The highest BCUT2D eigenvalue weighted by Crippen LogP contribution is 2.32. The van der Waals surface area contributed by atoms with E-state index in [0.29, 0.717) is 0 Å². The second kappa shape index (κ2) is 7.56. The van der Waals surface area contributed by atoms with Gasteiger partial charge in [0, 0.05) is 6.04 Å². The zero-order chi connectivity index (χ0) is 11.1. The van der Waals surface area contributed by atoms with Gasteiger partial charge in [0.15, 0.2) is 0 Å². The summed E-state index contributed by atoms with van der Waals surface area (Å²) in [6.07, 6.45) is 7.11. The van der Waals surface area contributed by atoms with Crippen LogP contribution in [0.15, 0.2) is 0 Å². The summed E-state index contributed by atoms with van der Waals surface area (Å²) in [4.78, 5) is 0. The third kappa shape index (κ3) is 4.78. The highest BCUT2D eigenvalue weighted by Gasteiger charge is 2.26. The average molecular weight is 229 g/mol. The van der Waals surface area contributed by atoms with E-state index in [2.05, 4.69) is 38.0 Å². The summed E-state index contributed by atoms with van der Waals surface area (Å²) in [5.74, 6) is 4.53. The molecule has 1 saturated carbocycles. The van der Waals surface area contributed by atoms with Crippen LogP contribution >= 0.6 is 11.8 Å². The summed E-state index contributed by atoms with van der Waals surface area (Å²) in [6.45, 7) is 4.67. The number of rotatable bonds is 6. The number of nitrogens with one attached hydrogen (secondary N) is 1. The number of hydrogen-bond acceptors (Lipinski definition) is 2. The molecule has 0 saturated heterocycles. The molecule has 90 valence electrons. The predicted molar refractivity (Wildman–Crippen MR) is 71.6 cm³/mol. The van der Waals surface area contributed by atoms with Gasteiger partial charge in [0.1, 0.15) is 0 Å². The van der Waals surface area contributed by atoms with E-state index in [1.807, 2.05) is 0 Å². The Morgan fingerprint density at radius 2 is 2.13 bits per heavy atom. The molecule has 0 aliphatic heterocycles. The van der Waals surface area contributed by atoms with Gasteiger partial charge in [-0.15, -0.1) is 0 Å². The van der Waals surface area contributed by atoms with Crippen LogP contribution in [-0.2, 0) is 0 Å². The Morgan fingerprint density at radius 3 is 2.80 bits per heavy atom. The first-order chi connectivity index (χ1) is 7.27. The van der Waals surface area contributed by atoms with Crippen molar-refractivity contribution in [1.82, 2.24) is 5.32 Å². The molecule has 0 heterocycles. The summed E-state index contributed by atoms with van der Waals surface area (Å²) in [5, 5.41) is 3.51. The zero-order valence-corrected chi connectivity index (χ0v) is 11.4. The van der Waals surface area contributed by atoms with Gasteiger partial charge in [-0.3, -0.25) is 0 Å². The van der Waals surface area contributed by atoms with E-state index < -0.39 is 0 Å². The third-order valence-corrected chi connectivity index (χ3v) is 4.67. The molecule has 0 amide bonds. The molecule has 0 bridgehead atoms. The van der Waals surface area contributed by atoms with Crippen molar-refractivity contribution in [3.05, 3.63) is 0 Å². The van der Waals surface area contributed by atoms with E-state index in [9.17, 15) is 0 Å². The maximum absolute atomic E-state index is 3.51. The Morgan fingerprint density at radius 1 is 1.33 bits per heavy atom. The molecule has 3 unspecified atom stereocenters. The molecule has 0 radical (unpaired) electrons. The van der Waals surface area contributed by atoms with Gasteiger partial charge in [-0.2, -0.15) is 11.8 Å². The molecule has 1 fully saturated rings. The molecule has 0 aromatic rings. The van der Waals surface area contributed by atoms with Crippen molar-refractivity contribution in [1.29, 1.82) is 0 Å². The van der Waals surface area contributed by atoms with Crippen LogP contribution < -0.4 is 5.32 Å². The largest absolute Gasteiger partial charge is 0.317 e. The highest BCUT2D eigenvalue weighted by molar-refractivity contribution is 7.99. The van der Waals surface area contributed by atoms with Gasteiger partial charge in [-0.25, -0.2) is 0 Å². The molecule has 0 aromatic carbocycles. The molecule has 0 spiro atoms. The third-order valence-electron chi connectivity index (χ3n) is 3.68. The molecule has 0 aromatic heterocycles. The van der Waals surface area contributed by atoms with Crippen molar-refractivity contribution in [2.75, 3.05) is 18.6 Å². The van der Waals surface area contributed by atoms with Crippen LogP contribution in [0.5, 0.6) is 0 Å². The van der Waals surface area contributed by atoms with Gasteiger partial charge >= 0.3 is 0 Å². The fourth-order valence-electron chi connectivity index (χ4n) is 2.79. The van der Waals surface area contributed by atoms with Gasteiger partial charge in [-0.05, 0) is 62.5 Å². The molecule has 1 nitrogen and oxygen atoms in total. The lowest BCUT2D eigenvalue weighted by Gasteiger charge is -2.34. The minimum atomic E-state index is 0.799. The van der Waals surface area contributed by atoms with Crippen molar-refractivity contribution < 1.29 is 0 Å². The standard InChI is InChI=1S/C13H27NS/c1-4-15-9-5-6-12-10-11(2)7-8-13(12)14-3/h11-14H,4-10H2,1-3H3. The number of thioether (sulfide) groups is 1. The molecular weight excluding hydrogens is 202 g/mol. The first-order valence-corrected chi connectivity index (χ1v) is 7.68. The Labute approximate surface area is 99.8 Å². The Balaban J connectivity index is 2.22. The van der Waals surface area contributed by atoms with Crippen LogP contribution in [0.25, 0.3) is 0 Å². The van der Waals surface area contributed by atoms with Crippen LogP contribution in [-0.4, -0.2) is 24.6 Å². The van der Waals surface area contributed by atoms with Crippen molar-refractivity contribution >= 4 is 11.8 Å². The maximum Gasteiger partial charge on any atom is 0.00925 e. The SMILES string of the molecule is CCSCCCC1CC(C)CCC1NC. The first kappa shape index (κ1) is 13.4. The fraction of sp³-hybridized carbons (Fsp3) is 1.00.